The molecule has 0 bridgehead atoms. The zero-order valence-electron chi connectivity index (χ0n) is 15.1. The maximum absolute atomic E-state index is 13.0. The average Bonchev–Trinajstić information content (AvgIpc) is 3.12. The van der Waals surface area contributed by atoms with Crippen LogP contribution in [-0.4, -0.2) is 41.0 Å². The van der Waals surface area contributed by atoms with E-state index in [4.69, 9.17) is 4.74 Å². The lowest BCUT2D eigenvalue weighted by atomic mass is 10.2. The van der Waals surface area contributed by atoms with Gasteiger partial charge < -0.3 is 9.64 Å². The third kappa shape index (κ3) is 3.52. The highest BCUT2D eigenvalue weighted by molar-refractivity contribution is 7.92. The molecule has 27 heavy (non-hydrogen) atoms. The van der Waals surface area contributed by atoms with Crippen molar-refractivity contribution in [1.82, 2.24) is 0 Å². The van der Waals surface area contributed by atoms with Gasteiger partial charge in [-0.15, -0.1) is 0 Å². The summed E-state index contributed by atoms with van der Waals surface area (Å²) in [6, 6.07) is 12.5. The minimum Gasteiger partial charge on any atom is -0.465 e. The topological polar surface area (TPSA) is 84.0 Å². The van der Waals surface area contributed by atoms with Gasteiger partial charge in [0.05, 0.1) is 23.3 Å². The molecular weight excluding hydrogens is 368 g/mol. The number of hydrogen-bond acceptors (Lipinski definition) is 5. The zero-order chi connectivity index (χ0) is 19.6. The zero-order valence-corrected chi connectivity index (χ0v) is 15.9. The van der Waals surface area contributed by atoms with Gasteiger partial charge in [-0.25, -0.2) is 13.2 Å². The monoisotopic (exact) mass is 388 g/mol. The molecule has 3 rings (SSSR count). The number of nitrogens with zero attached hydrogens (tertiary/aromatic N) is 2. The summed E-state index contributed by atoms with van der Waals surface area (Å²) in [4.78, 5) is 25.5. The van der Waals surface area contributed by atoms with Crippen LogP contribution in [0.5, 0.6) is 0 Å². The van der Waals surface area contributed by atoms with E-state index in [1.54, 1.807) is 35.2 Å². The van der Waals surface area contributed by atoms with Gasteiger partial charge in [-0.2, -0.15) is 0 Å². The Hall–Kier alpha value is -2.87. The number of benzene rings is 2. The molecule has 1 heterocycles. The van der Waals surface area contributed by atoms with Crippen molar-refractivity contribution in [1.29, 1.82) is 0 Å². The fraction of sp³-hybridized carbons (Fsp3) is 0.263. The molecule has 0 saturated carbocycles. The molecule has 1 fully saturated rings. The Morgan fingerprint density at radius 2 is 1.78 bits per heavy atom. The van der Waals surface area contributed by atoms with Crippen molar-refractivity contribution in [2.24, 2.45) is 0 Å². The molecule has 0 atom stereocenters. The molecule has 0 N–H and O–H groups in total. The lowest BCUT2D eigenvalue weighted by molar-refractivity contribution is -0.117. The molecule has 7 nitrogen and oxygen atoms in total. The maximum Gasteiger partial charge on any atom is 0.340 e. The summed E-state index contributed by atoms with van der Waals surface area (Å²) in [5.74, 6) is -0.578. The van der Waals surface area contributed by atoms with Gasteiger partial charge in [-0.1, -0.05) is 12.1 Å². The second-order valence-electron chi connectivity index (χ2n) is 6.12. The van der Waals surface area contributed by atoms with E-state index in [0.29, 0.717) is 18.7 Å². The Morgan fingerprint density at radius 1 is 1.11 bits per heavy atom. The van der Waals surface area contributed by atoms with E-state index in [1.807, 2.05) is 0 Å². The van der Waals surface area contributed by atoms with E-state index < -0.39 is 16.0 Å². The highest BCUT2D eigenvalue weighted by Crippen LogP contribution is 2.28. The van der Waals surface area contributed by atoms with Crippen LogP contribution in [0.15, 0.2) is 53.4 Å². The van der Waals surface area contributed by atoms with Crippen molar-refractivity contribution in [2.75, 3.05) is 29.9 Å². The largest absolute Gasteiger partial charge is 0.465 e. The first-order valence-electron chi connectivity index (χ1n) is 8.43. The summed E-state index contributed by atoms with van der Waals surface area (Å²) in [5, 5.41) is 0. The van der Waals surface area contributed by atoms with Crippen LogP contribution in [-0.2, 0) is 19.6 Å². The predicted octanol–water partition coefficient (Wildman–Crippen LogP) is 2.43. The number of ether oxygens (including phenoxy) is 1. The van der Waals surface area contributed by atoms with Crippen molar-refractivity contribution in [2.45, 2.75) is 17.7 Å². The molecule has 1 saturated heterocycles. The van der Waals surface area contributed by atoms with E-state index in [9.17, 15) is 18.0 Å². The van der Waals surface area contributed by atoms with Crippen molar-refractivity contribution in [3.05, 3.63) is 54.1 Å². The number of esters is 1. The normalized spacial score (nSPS) is 14.3. The number of para-hydroxylation sites is 1. The standard InChI is InChI=1S/C19H20N2O5S/c1-20(17-7-4-3-6-16(17)19(23)26-2)27(24,25)15-11-9-14(10-12-15)21-13-5-8-18(21)22/h3-4,6-7,9-12H,5,8,13H2,1-2H3. The Bertz CT molecular complexity index is 970. The molecular formula is C19H20N2O5S. The summed E-state index contributed by atoms with van der Waals surface area (Å²) >= 11 is 0. The minimum absolute atomic E-state index is 0.0368. The first-order valence-corrected chi connectivity index (χ1v) is 9.87. The van der Waals surface area contributed by atoms with Crippen LogP contribution >= 0.6 is 0 Å². The molecule has 0 radical (unpaired) electrons. The molecule has 1 aliphatic rings. The molecule has 0 unspecified atom stereocenters. The molecule has 1 amide bonds. The average molecular weight is 388 g/mol. The first-order chi connectivity index (χ1) is 12.9. The molecule has 8 heteroatoms. The number of hydrogen-bond donors (Lipinski definition) is 0. The summed E-state index contributed by atoms with van der Waals surface area (Å²) in [7, 11) is -1.26. The van der Waals surface area contributed by atoms with Crippen LogP contribution in [0.4, 0.5) is 11.4 Å². The molecule has 0 aliphatic carbocycles. The van der Waals surface area contributed by atoms with E-state index in [-0.39, 0.29) is 22.1 Å². The number of carbonyl (C=O) groups excluding carboxylic acids is 2. The Balaban J connectivity index is 1.92. The van der Waals surface area contributed by atoms with Crippen molar-refractivity contribution in [3.8, 4) is 0 Å². The molecule has 0 spiro atoms. The Labute approximate surface area is 158 Å². The van der Waals surface area contributed by atoms with Gasteiger partial charge >= 0.3 is 5.97 Å². The Kier molecular flexibility index (Phi) is 5.18. The van der Waals surface area contributed by atoms with Crippen molar-refractivity contribution in [3.63, 3.8) is 0 Å². The minimum atomic E-state index is -3.89. The number of sulfonamides is 1. The number of amides is 1. The van der Waals surface area contributed by atoms with Gasteiger partial charge in [0, 0.05) is 25.7 Å². The third-order valence-electron chi connectivity index (χ3n) is 4.53. The third-order valence-corrected chi connectivity index (χ3v) is 6.31. The van der Waals surface area contributed by atoms with Crippen LogP contribution in [0.3, 0.4) is 0 Å². The Morgan fingerprint density at radius 3 is 2.37 bits per heavy atom. The SMILES string of the molecule is COC(=O)c1ccccc1N(C)S(=O)(=O)c1ccc(N2CCCC2=O)cc1. The van der Waals surface area contributed by atoms with Gasteiger partial charge in [-0.05, 0) is 42.8 Å². The van der Waals surface area contributed by atoms with Gasteiger partial charge in [0.25, 0.3) is 10.0 Å². The molecule has 1 aliphatic heterocycles. The van der Waals surface area contributed by atoms with Crippen LogP contribution < -0.4 is 9.21 Å². The lowest BCUT2D eigenvalue weighted by Crippen LogP contribution is -2.28. The quantitative estimate of drug-likeness (QED) is 0.735. The second-order valence-corrected chi connectivity index (χ2v) is 8.09. The summed E-state index contributed by atoms with van der Waals surface area (Å²) in [6.07, 6.45) is 1.30. The van der Waals surface area contributed by atoms with E-state index in [0.717, 1.165) is 10.7 Å². The van der Waals surface area contributed by atoms with E-state index in [2.05, 4.69) is 0 Å². The fourth-order valence-corrected chi connectivity index (χ4v) is 4.25. The van der Waals surface area contributed by atoms with Crippen molar-refractivity contribution >= 4 is 33.3 Å². The fourth-order valence-electron chi connectivity index (χ4n) is 3.04. The van der Waals surface area contributed by atoms with Crippen LogP contribution in [0.25, 0.3) is 0 Å². The molecule has 142 valence electrons. The molecule has 2 aromatic rings. The smallest absolute Gasteiger partial charge is 0.340 e. The first kappa shape index (κ1) is 18.9. The van der Waals surface area contributed by atoms with Crippen LogP contribution in [0.1, 0.15) is 23.2 Å². The van der Waals surface area contributed by atoms with Crippen LogP contribution in [0.2, 0.25) is 0 Å². The summed E-state index contributed by atoms with van der Waals surface area (Å²) in [6.45, 7) is 0.636. The summed E-state index contributed by atoms with van der Waals surface area (Å²) < 4.78 is 31.8. The number of carbonyl (C=O) groups is 2. The molecule has 0 aromatic heterocycles. The predicted molar refractivity (Wildman–Crippen MR) is 101 cm³/mol. The van der Waals surface area contributed by atoms with Crippen molar-refractivity contribution < 1.29 is 22.7 Å². The van der Waals surface area contributed by atoms with Gasteiger partial charge in [-0.3, -0.25) is 9.10 Å². The van der Waals surface area contributed by atoms with Crippen LogP contribution in [0, 0.1) is 0 Å². The highest BCUT2D eigenvalue weighted by atomic mass is 32.2. The second kappa shape index (κ2) is 7.40. The highest BCUT2D eigenvalue weighted by Gasteiger charge is 2.26. The number of methoxy groups -OCH3 is 1. The number of anilines is 2. The molecule has 2 aromatic carbocycles. The maximum atomic E-state index is 13.0. The van der Waals surface area contributed by atoms with Gasteiger partial charge in [0.2, 0.25) is 5.91 Å². The van der Waals surface area contributed by atoms with Gasteiger partial charge in [0.1, 0.15) is 0 Å². The van der Waals surface area contributed by atoms with Gasteiger partial charge in [0.15, 0.2) is 0 Å². The number of rotatable bonds is 5. The van der Waals surface area contributed by atoms with E-state index in [1.165, 1.54) is 32.4 Å². The van der Waals surface area contributed by atoms with E-state index >= 15 is 0 Å². The summed E-state index contributed by atoms with van der Waals surface area (Å²) in [5.41, 5.74) is 1.06. The lowest BCUT2D eigenvalue weighted by Gasteiger charge is -2.22.